The lowest BCUT2D eigenvalue weighted by molar-refractivity contribution is 0.0597. The van der Waals surface area contributed by atoms with Gasteiger partial charge in [-0.1, -0.05) is 12.1 Å². The van der Waals surface area contributed by atoms with Crippen LogP contribution in [0, 0.1) is 20.8 Å². The monoisotopic (exact) mass is 340 g/mol. The van der Waals surface area contributed by atoms with Crippen molar-refractivity contribution >= 4 is 18.0 Å². The van der Waals surface area contributed by atoms with Gasteiger partial charge in [-0.05, 0) is 55.2 Å². The third kappa shape index (κ3) is 3.60. The fourth-order valence-electron chi connectivity index (χ4n) is 2.77. The van der Waals surface area contributed by atoms with Crippen LogP contribution in [0.3, 0.4) is 0 Å². The van der Waals surface area contributed by atoms with Crippen LogP contribution in [0.5, 0.6) is 5.75 Å². The topological polar surface area (TPSA) is 80.7 Å². The third-order valence-electron chi connectivity index (χ3n) is 4.34. The maximum Gasteiger partial charge on any atom is 0.341 e. The number of Topliss-reactive ketones (excluding diaryl/α,β-unsaturated/α-hetero) is 1. The van der Waals surface area contributed by atoms with Crippen LogP contribution in [0.4, 0.5) is 0 Å². The Bertz CT molecular complexity index is 865. The quantitative estimate of drug-likeness (QED) is 0.513. The van der Waals surface area contributed by atoms with Crippen LogP contribution in [0.1, 0.15) is 53.3 Å². The maximum atomic E-state index is 12.7. The number of rotatable bonds is 5. The van der Waals surface area contributed by atoms with E-state index in [2.05, 4.69) is 4.74 Å². The van der Waals surface area contributed by atoms with Gasteiger partial charge in [-0.2, -0.15) is 0 Å². The standard InChI is InChI=1S/C20H20O5/c1-11-7-12(2)17(8-15(11)10-21)18(22)9-14-5-6-16(20(24)25-4)19(23)13(14)3/h5-8,10,23H,9H2,1-4H3. The summed E-state index contributed by atoms with van der Waals surface area (Å²) in [5.74, 6) is -0.983. The van der Waals surface area contributed by atoms with Crippen LogP contribution in [0.15, 0.2) is 24.3 Å². The van der Waals surface area contributed by atoms with Gasteiger partial charge in [-0.15, -0.1) is 0 Å². The zero-order chi connectivity index (χ0) is 18.7. The fourth-order valence-corrected chi connectivity index (χ4v) is 2.77. The molecule has 0 aliphatic carbocycles. The molecule has 0 aliphatic rings. The van der Waals surface area contributed by atoms with Crippen LogP contribution in [-0.4, -0.2) is 30.3 Å². The highest BCUT2D eigenvalue weighted by atomic mass is 16.5. The van der Waals surface area contributed by atoms with Crippen LogP contribution >= 0.6 is 0 Å². The van der Waals surface area contributed by atoms with E-state index < -0.39 is 5.97 Å². The summed E-state index contributed by atoms with van der Waals surface area (Å²) in [4.78, 5) is 35.4. The van der Waals surface area contributed by atoms with Crippen molar-refractivity contribution in [2.24, 2.45) is 0 Å². The van der Waals surface area contributed by atoms with Gasteiger partial charge < -0.3 is 9.84 Å². The number of phenolic OH excluding ortho intramolecular Hbond substituents is 1. The van der Waals surface area contributed by atoms with Gasteiger partial charge in [0.25, 0.3) is 0 Å². The van der Waals surface area contributed by atoms with E-state index in [0.29, 0.717) is 22.3 Å². The summed E-state index contributed by atoms with van der Waals surface area (Å²) >= 11 is 0. The van der Waals surface area contributed by atoms with Gasteiger partial charge in [0, 0.05) is 17.5 Å². The number of esters is 1. The average Bonchev–Trinajstić information content (AvgIpc) is 2.58. The number of aromatic hydroxyl groups is 1. The Morgan fingerprint density at radius 1 is 1.08 bits per heavy atom. The van der Waals surface area contributed by atoms with Gasteiger partial charge in [0.15, 0.2) is 5.78 Å². The molecular weight excluding hydrogens is 320 g/mol. The lowest BCUT2D eigenvalue weighted by Crippen LogP contribution is -2.10. The molecule has 0 amide bonds. The molecule has 0 spiro atoms. The van der Waals surface area contributed by atoms with E-state index in [-0.39, 0.29) is 23.5 Å². The number of hydrogen-bond acceptors (Lipinski definition) is 5. The smallest absolute Gasteiger partial charge is 0.341 e. The number of hydrogen-bond donors (Lipinski definition) is 1. The Morgan fingerprint density at radius 3 is 2.36 bits per heavy atom. The molecule has 1 N–H and O–H groups in total. The molecule has 0 radical (unpaired) electrons. The summed E-state index contributed by atoms with van der Waals surface area (Å²) in [6.07, 6.45) is 0.789. The van der Waals surface area contributed by atoms with Gasteiger partial charge in [-0.3, -0.25) is 9.59 Å². The number of ketones is 1. The van der Waals surface area contributed by atoms with E-state index >= 15 is 0 Å². The molecule has 130 valence electrons. The highest BCUT2D eigenvalue weighted by molar-refractivity contribution is 6.01. The molecular formula is C20H20O5. The second-order valence-electron chi connectivity index (χ2n) is 5.98. The van der Waals surface area contributed by atoms with Gasteiger partial charge in [0.2, 0.25) is 0 Å². The molecule has 0 aromatic heterocycles. The van der Waals surface area contributed by atoms with E-state index in [1.54, 1.807) is 19.1 Å². The van der Waals surface area contributed by atoms with Crippen molar-refractivity contribution < 1.29 is 24.2 Å². The lowest BCUT2D eigenvalue weighted by Gasteiger charge is -2.12. The number of benzene rings is 2. The third-order valence-corrected chi connectivity index (χ3v) is 4.34. The van der Waals surface area contributed by atoms with E-state index in [0.717, 1.165) is 17.4 Å². The number of phenols is 1. The molecule has 5 nitrogen and oxygen atoms in total. The number of aldehydes is 1. The summed E-state index contributed by atoms with van der Waals surface area (Å²) in [7, 11) is 1.24. The fraction of sp³-hybridized carbons (Fsp3) is 0.250. The normalized spacial score (nSPS) is 10.4. The van der Waals surface area contributed by atoms with E-state index in [9.17, 15) is 19.5 Å². The number of methoxy groups -OCH3 is 1. The summed E-state index contributed by atoms with van der Waals surface area (Å²) in [5, 5.41) is 10.2. The molecule has 25 heavy (non-hydrogen) atoms. The molecule has 0 bridgehead atoms. The van der Waals surface area contributed by atoms with Crippen LogP contribution in [0.25, 0.3) is 0 Å². The molecule has 0 aliphatic heterocycles. The van der Waals surface area contributed by atoms with E-state index in [1.165, 1.54) is 13.2 Å². The predicted octanol–water partition coefficient (Wildman–Crippen LogP) is 3.34. The molecule has 0 atom stereocenters. The first-order chi connectivity index (χ1) is 11.8. The molecule has 5 heteroatoms. The van der Waals surface area contributed by atoms with Crippen molar-refractivity contribution in [3.63, 3.8) is 0 Å². The summed E-state index contributed by atoms with van der Waals surface area (Å²) in [5.41, 5.74) is 3.70. The SMILES string of the molecule is COC(=O)c1ccc(CC(=O)c2cc(C=O)c(C)cc2C)c(C)c1O. The van der Waals surface area contributed by atoms with Crippen molar-refractivity contribution in [3.8, 4) is 5.75 Å². The number of carbonyl (C=O) groups is 3. The molecule has 0 saturated heterocycles. The Balaban J connectivity index is 2.37. The number of aryl methyl sites for hydroxylation is 2. The van der Waals surface area contributed by atoms with Gasteiger partial charge >= 0.3 is 5.97 Å². The van der Waals surface area contributed by atoms with Gasteiger partial charge in [-0.25, -0.2) is 4.79 Å². The first kappa shape index (κ1) is 18.4. The Labute approximate surface area is 146 Å². The second kappa shape index (κ2) is 7.30. The van der Waals surface area contributed by atoms with Crippen LogP contribution in [-0.2, 0) is 11.2 Å². The van der Waals surface area contributed by atoms with Gasteiger partial charge in [0.1, 0.15) is 17.6 Å². The lowest BCUT2D eigenvalue weighted by atomic mass is 9.92. The van der Waals surface area contributed by atoms with Crippen LogP contribution < -0.4 is 0 Å². The summed E-state index contributed by atoms with van der Waals surface area (Å²) in [6.45, 7) is 5.28. The number of ether oxygens (including phenoxy) is 1. The van der Waals surface area contributed by atoms with Crippen molar-refractivity contribution in [3.05, 3.63) is 63.2 Å². The largest absolute Gasteiger partial charge is 0.507 e. The van der Waals surface area contributed by atoms with Crippen molar-refractivity contribution in [2.75, 3.05) is 7.11 Å². The predicted molar refractivity (Wildman–Crippen MR) is 93.5 cm³/mol. The molecule has 2 aromatic rings. The maximum absolute atomic E-state index is 12.7. The zero-order valence-electron chi connectivity index (χ0n) is 14.7. The Hall–Kier alpha value is -2.95. The molecule has 0 saturated carbocycles. The molecule has 2 aromatic carbocycles. The zero-order valence-corrected chi connectivity index (χ0v) is 14.7. The van der Waals surface area contributed by atoms with Crippen molar-refractivity contribution in [2.45, 2.75) is 27.2 Å². The minimum absolute atomic E-state index is 0.0586. The summed E-state index contributed by atoms with van der Waals surface area (Å²) < 4.78 is 4.62. The average molecular weight is 340 g/mol. The highest BCUT2D eigenvalue weighted by Crippen LogP contribution is 2.27. The van der Waals surface area contributed by atoms with E-state index in [1.807, 2.05) is 19.9 Å². The molecule has 0 unspecified atom stereocenters. The van der Waals surface area contributed by atoms with Gasteiger partial charge in [0.05, 0.1) is 7.11 Å². The molecule has 2 rings (SSSR count). The van der Waals surface area contributed by atoms with Crippen molar-refractivity contribution in [1.29, 1.82) is 0 Å². The minimum atomic E-state index is -0.636. The first-order valence-electron chi connectivity index (χ1n) is 7.79. The number of carbonyl (C=O) groups excluding carboxylic acids is 3. The Kier molecular flexibility index (Phi) is 5.37. The highest BCUT2D eigenvalue weighted by Gasteiger charge is 2.19. The van der Waals surface area contributed by atoms with E-state index in [4.69, 9.17) is 0 Å². The minimum Gasteiger partial charge on any atom is -0.507 e. The van der Waals surface area contributed by atoms with Crippen molar-refractivity contribution in [1.82, 2.24) is 0 Å². The second-order valence-corrected chi connectivity index (χ2v) is 5.98. The van der Waals surface area contributed by atoms with Crippen LogP contribution in [0.2, 0.25) is 0 Å². The molecule has 0 fully saturated rings. The summed E-state index contributed by atoms with van der Waals surface area (Å²) in [6, 6.07) is 6.47. The first-order valence-corrected chi connectivity index (χ1v) is 7.79. The molecule has 0 heterocycles. The Morgan fingerprint density at radius 2 is 1.76 bits per heavy atom.